The summed E-state index contributed by atoms with van der Waals surface area (Å²) in [5, 5.41) is 15.0. The summed E-state index contributed by atoms with van der Waals surface area (Å²) in [4.78, 5) is 41.0. The number of thiophene rings is 1. The number of amides is 1. The average Bonchev–Trinajstić information content (AvgIpc) is 3.22. The molecule has 2 aromatic heterocycles. The smallest absolute Gasteiger partial charge is 0.270 e. The van der Waals surface area contributed by atoms with Crippen LogP contribution < -0.4 is 11.0 Å². The maximum atomic E-state index is 12.8. The molecular weight excluding hydrogens is 418 g/mol. The number of nitrogens with zero attached hydrogens (tertiary/aromatic N) is 4. The highest BCUT2D eigenvalue weighted by Crippen LogP contribution is 2.30. The Morgan fingerprint density at radius 2 is 2.00 bits per heavy atom. The fourth-order valence-electron chi connectivity index (χ4n) is 2.90. The van der Waals surface area contributed by atoms with Crippen LogP contribution in [-0.4, -0.2) is 26.6 Å². The first-order chi connectivity index (χ1) is 15.0. The molecular formula is C21H15N5O4S. The van der Waals surface area contributed by atoms with Gasteiger partial charge in [0, 0.05) is 22.6 Å². The number of nitrogens with one attached hydrogen (secondary N) is 1. The summed E-state index contributed by atoms with van der Waals surface area (Å²) in [6.45, 7) is -0.259. The molecule has 0 atom stereocenters. The molecule has 0 unspecified atom stereocenters. The third-order valence-electron chi connectivity index (χ3n) is 4.37. The number of benzene rings is 2. The van der Waals surface area contributed by atoms with Gasteiger partial charge in [-0.05, 0) is 11.6 Å². The molecule has 0 saturated heterocycles. The van der Waals surface area contributed by atoms with Crippen molar-refractivity contribution < 1.29 is 9.72 Å². The fourth-order valence-corrected chi connectivity index (χ4v) is 3.90. The van der Waals surface area contributed by atoms with Crippen molar-refractivity contribution in [1.82, 2.24) is 15.0 Å². The van der Waals surface area contributed by atoms with Crippen LogP contribution in [0.25, 0.3) is 20.7 Å². The zero-order valence-corrected chi connectivity index (χ0v) is 16.8. The molecule has 9 nitrogen and oxygen atoms in total. The first kappa shape index (κ1) is 20.1. The third kappa shape index (κ3) is 4.54. The van der Waals surface area contributed by atoms with Gasteiger partial charge in [0.1, 0.15) is 11.4 Å². The highest BCUT2D eigenvalue weighted by Gasteiger charge is 2.12. The Morgan fingerprint density at radius 3 is 2.77 bits per heavy atom. The van der Waals surface area contributed by atoms with Crippen LogP contribution in [-0.2, 0) is 11.3 Å². The number of aromatic nitrogens is 2. The normalized spacial score (nSPS) is 11.1. The molecule has 31 heavy (non-hydrogen) atoms. The van der Waals surface area contributed by atoms with Crippen LogP contribution in [0.5, 0.6) is 0 Å². The van der Waals surface area contributed by atoms with Crippen molar-refractivity contribution in [2.75, 3.05) is 0 Å². The van der Waals surface area contributed by atoms with E-state index in [1.54, 1.807) is 12.1 Å². The molecule has 0 bridgehead atoms. The van der Waals surface area contributed by atoms with Crippen LogP contribution in [0.4, 0.5) is 5.69 Å². The number of hydrogen-bond donors (Lipinski definition) is 1. The van der Waals surface area contributed by atoms with Gasteiger partial charge in [0.2, 0.25) is 0 Å². The monoisotopic (exact) mass is 433 g/mol. The Morgan fingerprint density at radius 1 is 1.19 bits per heavy atom. The van der Waals surface area contributed by atoms with Crippen molar-refractivity contribution in [3.8, 4) is 10.4 Å². The number of hydrogen-bond acceptors (Lipinski definition) is 7. The Kier molecular flexibility index (Phi) is 5.63. The second kappa shape index (κ2) is 8.67. The predicted octanol–water partition coefficient (Wildman–Crippen LogP) is 3.18. The summed E-state index contributed by atoms with van der Waals surface area (Å²) in [5.41, 5.74) is 3.37. The molecule has 4 rings (SSSR count). The largest absolute Gasteiger partial charge is 0.289 e. The number of carbonyl (C=O) groups excluding carboxylic acids is 1. The van der Waals surface area contributed by atoms with Crippen molar-refractivity contribution >= 4 is 39.4 Å². The van der Waals surface area contributed by atoms with Crippen molar-refractivity contribution in [2.24, 2.45) is 5.10 Å². The Bertz CT molecular complexity index is 1360. The summed E-state index contributed by atoms with van der Waals surface area (Å²) < 4.78 is 1.21. The zero-order valence-electron chi connectivity index (χ0n) is 16.0. The van der Waals surface area contributed by atoms with Crippen LogP contribution >= 0.6 is 11.3 Å². The van der Waals surface area contributed by atoms with E-state index in [4.69, 9.17) is 0 Å². The Hall–Kier alpha value is -4.18. The first-order valence-corrected chi connectivity index (χ1v) is 9.94. The van der Waals surface area contributed by atoms with E-state index in [1.807, 2.05) is 30.3 Å². The lowest BCUT2D eigenvalue weighted by atomic mass is 10.2. The van der Waals surface area contributed by atoms with Gasteiger partial charge in [0.05, 0.1) is 22.9 Å². The zero-order chi connectivity index (χ0) is 21.8. The molecule has 0 aliphatic rings. The lowest BCUT2D eigenvalue weighted by Crippen LogP contribution is -2.29. The van der Waals surface area contributed by atoms with Gasteiger partial charge in [-0.15, -0.1) is 11.3 Å². The van der Waals surface area contributed by atoms with Crippen LogP contribution in [0.1, 0.15) is 5.56 Å². The maximum Gasteiger partial charge on any atom is 0.270 e. The van der Waals surface area contributed by atoms with Crippen molar-refractivity contribution in [3.63, 3.8) is 0 Å². The molecule has 0 aliphatic carbocycles. The number of non-ortho nitro benzene ring substituents is 1. The van der Waals surface area contributed by atoms with E-state index in [-0.39, 0.29) is 17.8 Å². The quantitative estimate of drug-likeness (QED) is 0.284. The number of fused-ring (bicyclic) bond motifs is 1. The summed E-state index contributed by atoms with van der Waals surface area (Å²) >= 11 is 1.41. The molecule has 2 heterocycles. The second-order valence-electron chi connectivity index (χ2n) is 6.52. The standard InChI is InChI=1S/C21H15N5O4S/c27-19(24-23-11-14-5-4-8-16(9-14)26(29)30)12-25-13-22-20-17(21(25)28)10-18(31-20)15-6-2-1-3-7-15/h1-11,13H,12H2,(H,24,27). The highest BCUT2D eigenvalue weighted by molar-refractivity contribution is 7.21. The van der Waals surface area contributed by atoms with Gasteiger partial charge in [-0.3, -0.25) is 24.3 Å². The second-order valence-corrected chi connectivity index (χ2v) is 7.55. The molecule has 0 saturated carbocycles. The fraction of sp³-hybridized carbons (Fsp3) is 0.0476. The van der Waals surface area contributed by atoms with Gasteiger partial charge in [0.25, 0.3) is 17.2 Å². The summed E-state index contributed by atoms with van der Waals surface area (Å²) in [6, 6.07) is 17.3. The van der Waals surface area contributed by atoms with Gasteiger partial charge in [0.15, 0.2) is 0 Å². The molecule has 4 aromatic rings. The molecule has 10 heteroatoms. The van der Waals surface area contributed by atoms with E-state index in [0.717, 1.165) is 10.4 Å². The maximum absolute atomic E-state index is 12.8. The van der Waals surface area contributed by atoms with Gasteiger partial charge >= 0.3 is 0 Å². The molecule has 1 N–H and O–H groups in total. The molecule has 0 aliphatic heterocycles. The predicted molar refractivity (Wildman–Crippen MR) is 118 cm³/mol. The van der Waals surface area contributed by atoms with E-state index in [2.05, 4.69) is 15.5 Å². The molecule has 154 valence electrons. The van der Waals surface area contributed by atoms with Crippen molar-refractivity contribution in [2.45, 2.75) is 6.54 Å². The third-order valence-corrected chi connectivity index (χ3v) is 5.47. The number of carbonyl (C=O) groups is 1. The lowest BCUT2D eigenvalue weighted by Gasteiger charge is -2.03. The summed E-state index contributed by atoms with van der Waals surface area (Å²) in [5.74, 6) is -0.525. The SMILES string of the molecule is O=C(Cn1cnc2sc(-c3ccccc3)cc2c1=O)NN=Cc1cccc([N+](=O)[O-])c1. The minimum atomic E-state index is -0.525. The lowest BCUT2D eigenvalue weighted by molar-refractivity contribution is -0.384. The van der Waals surface area contributed by atoms with Crippen LogP contribution in [0.2, 0.25) is 0 Å². The van der Waals surface area contributed by atoms with Crippen molar-refractivity contribution in [1.29, 1.82) is 0 Å². The Balaban J connectivity index is 1.47. The number of rotatable bonds is 6. The van der Waals surface area contributed by atoms with E-state index < -0.39 is 10.8 Å². The van der Waals surface area contributed by atoms with Crippen LogP contribution in [0.3, 0.4) is 0 Å². The van der Waals surface area contributed by atoms with Gasteiger partial charge < -0.3 is 0 Å². The molecule has 0 fully saturated rings. The van der Waals surface area contributed by atoms with E-state index in [9.17, 15) is 19.7 Å². The van der Waals surface area contributed by atoms with Crippen molar-refractivity contribution in [3.05, 3.63) is 93.0 Å². The molecule has 0 spiro atoms. The molecule has 2 aromatic carbocycles. The first-order valence-electron chi connectivity index (χ1n) is 9.12. The number of hydrazone groups is 1. The van der Waals surface area contributed by atoms with E-state index >= 15 is 0 Å². The minimum absolute atomic E-state index is 0.0770. The van der Waals surface area contributed by atoms with Gasteiger partial charge in [-0.25, -0.2) is 10.4 Å². The van der Waals surface area contributed by atoms with Crippen LogP contribution in [0, 0.1) is 10.1 Å². The number of nitro benzene ring substituents is 1. The topological polar surface area (TPSA) is 119 Å². The van der Waals surface area contributed by atoms with Crippen LogP contribution in [0.15, 0.2) is 76.9 Å². The summed E-state index contributed by atoms with van der Waals surface area (Å²) in [7, 11) is 0. The number of nitro groups is 1. The molecule has 0 radical (unpaired) electrons. The van der Waals surface area contributed by atoms with E-state index in [1.165, 1.54) is 46.6 Å². The minimum Gasteiger partial charge on any atom is -0.289 e. The van der Waals surface area contributed by atoms with Gasteiger partial charge in [-0.2, -0.15) is 5.10 Å². The summed E-state index contributed by atoms with van der Waals surface area (Å²) in [6.07, 6.45) is 2.62. The molecule has 1 amide bonds. The van der Waals surface area contributed by atoms with Gasteiger partial charge in [-0.1, -0.05) is 42.5 Å². The van der Waals surface area contributed by atoms with E-state index in [0.29, 0.717) is 15.8 Å². The average molecular weight is 433 g/mol. The Labute approximate surface area is 179 Å². The highest BCUT2D eigenvalue weighted by atomic mass is 32.1.